The Labute approximate surface area is 148 Å². The zero-order valence-electron chi connectivity index (χ0n) is 14.6. The van der Waals surface area contributed by atoms with E-state index >= 15 is 0 Å². The number of rotatable bonds is 5. The lowest BCUT2D eigenvalue weighted by Crippen LogP contribution is -2.40. The smallest absolute Gasteiger partial charge is 0.228 e. The number of carbonyl (C=O) groups is 2. The highest BCUT2D eigenvalue weighted by molar-refractivity contribution is 5.97. The molecule has 2 aromatic carbocycles. The van der Waals surface area contributed by atoms with Crippen molar-refractivity contribution < 1.29 is 9.59 Å². The molecule has 1 saturated heterocycles. The highest BCUT2D eigenvalue weighted by Crippen LogP contribution is 2.21. The number of amides is 1. The van der Waals surface area contributed by atoms with Gasteiger partial charge in [0.15, 0.2) is 5.78 Å². The summed E-state index contributed by atoms with van der Waals surface area (Å²) in [6.07, 6.45) is 1.93. The Morgan fingerprint density at radius 2 is 1.92 bits per heavy atom. The van der Waals surface area contributed by atoms with E-state index in [2.05, 4.69) is 22.3 Å². The van der Waals surface area contributed by atoms with Gasteiger partial charge in [0, 0.05) is 24.3 Å². The summed E-state index contributed by atoms with van der Waals surface area (Å²) in [6, 6.07) is 17.5. The zero-order valence-corrected chi connectivity index (χ0v) is 14.6. The fourth-order valence-corrected chi connectivity index (χ4v) is 3.32. The molecule has 1 heterocycles. The van der Waals surface area contributed by atoms with Crippen LogP contribution < -0.4 is 5.32 Å². The van der Waals surface area contributed by atoms with Crippen LogP contribution in [-0.2, 0) is 11.3 Å². The fourth-order valence-electron chi connectivity index (χ4n) is 3.32. The molecule has 1 aliphatic rings. The third kappa shape index (κ3) is 4.77. The van der Waals surface area contributed by atoms with Crippen LogP contribution in [0.3, 0.4) is 0 Å². The largest absolute Gasteiger partial charge is 0.326 e. The van der Waals surface area contributed by atoms with Gasteiger partial charge in [0.1, 0.15) is 0 Å². The summed E-state index contributed by atoms with van der Waals surface area (Å²) in [5.41, 5.74) is 2.59. The standard InChI is InChI=1S/C21H24N2O2/c1-16(24)18-9-5-11-20(13-18)22-21(25)19-10-6-12-23(15-19)14-17-7-3-2-4-8-17/h2-5,7-9,11,13,19H,6,10,12,14-15H2,1H3,(H,22,25)/t19-/m1/s1. The van der Waals surface area contributed by atoms with Crippen molar-refractivity contribution in [3.8, 4) is 0 Å². The second-order valence-electron chi connectivity index (χ2n) is 6.69. The summed E-state index contributed by atoms with van der Waals surface area (Å²) in [5.74, 6) is 0.0275. The molecule has 0 bridgehead atoms. The van der Waals surface area contributed by atoms with Crippen molar-refractivity contribution in [3.63, 3.8) is 0 Å². The van der Waals surface area contributed by atoms with Gasteiger partial charge in [-0.3, -0.25) is 14.5 Å². The second-order valence-corrected chi connectivity index (χ2v) is 6.69. The van der Waals surface area contributed by atoms with E-state index in [1.807, 2.05) is 24.3 Å². The number of nitrogens with one attached hydrogen (secondary N) is 1. The van der Waals surface area contributed by atoms with Gasteiger partial charge in [-0.1, -0.05) is 42.5 Å². The van der Waals surface area contributed by atoms with Crippen LogP contribution in [0, 0.1) is 5.92 Å². The molecular formula is C21H24N2O2. The van der Waals surface area contributed by atoms with Crippen LogP contribution in [0.2, 0.25) is 0 Å². The highest BCUT2D eigenvalue weighted by atomic mass is 16.2. The van der Waals surface area contributed by atoms with E-state index in [0.29, 0.717) is 11.3 Å². The number of Topliss-reactive ketones (excluding diaryl/α,β-unsaturated/α-hetero) is 1. The van der Waals surface area contributed by atoms with E-state index in [4.69, 9.17) is 0 Å². The maximum Gasteiger partial charge on any atom is 0.228 e. The Morgan fingerprint density at radius 3 is 2.68 bits per heavy atom. The van der Waals surface area contributed by atoms with Gasteiger partial charge in [-0.2, -0.15) is 0 Å². The highest BCUT2D eigenvalue weighted by Gasteiger charge is 2.25. The minimum atomic E-state index is -0.0153. The monoisotopic (exact) mass is 336 g/mol. The number of anilines is 1. The topological polar surface area (TPSA) is 49.4 Å². The van der Waals surface area contributed by atoms with E-state index in [-0.39, 0.29) is 17.6 Å². The Hall–Kier alpha value is -2.46. The first-order valence-electron chi connectivity index (χ1n) is 8.80. The molecular weight excluding hydrogens is 312 g/mol. The first kappa shape index (κ1) is 17.4. The van der Waals surface area contributed by atoms with E-state index in [0.717, 1.165) is 32.5 Å². The van der Waals surface area contributed by atoms with Crippen molar-refractivity contribution >= 4 is 17.4 Å². The van der Waals surface area contributed by atoms with Crippen molar-refractivity contribution in [3.05, 3.63) is 65.7 Å². The number of piperidine rings is 1. The predicted octanol–water partition coefficient (Wildman–Crippen LogP) is 3.74. The fraction of sp³-hybridized carbons (Fsp3) is 0.333. The average Bonchev–Trinajstić information content (AvgIpc) is 2.63. The van der Waals surface area contributed by atoms with Gasteiger partial charge in [0.2, 0.25) is 5.91 Å². The molecule has 0 radical (unpaired) electrons. The Bertz CT molecular complexity index is 743. The van der Waals surface area contributed by atoms with Crippen LogP contribution in [0.1, 0.15) is 35.7 Å². The lowest BCUT2D eigenvalue weighted by molar-refractivity contribution is -0.121. The third-order valence-electron chi connectivity index (χ3n) is 4.66. The Kier molecular flexibility index (Phi) is 5.61. The molecule has 25 heavy (non-hydrogen) atoms. The predicted molar refractivity (Wildman–Crippen MR) is 99.5 cm³/mol. The Balaban J connectivity index is 1.60. The van der Waals surface area contributed by atoms with E-state index in [1.54, 1.807) is 18.2 Å². The number of nitrogens with zero attached hydrogens (tertiary/aromatic N) is 1. The molecule has 1 aliphatic heterocycles. The van der Waals surface area contributed by atoms with Crippen LogP contribution in [-0.4, -0.2) is 29.7 Å². The molecule has 0 spiro atoms. The normalized spacial score (nSPS) is 17.9. The van der Waals surface area contributed by atoms with Crippen molar-refractivity contribution in [2.45, 2.75) is 26.3 Å². The van der Waals surface area contributed by atoms with Crippen LogP contribution in [0.4, 0.5) is 5.69 Å². The summed E-state index contributed by atoms with van der Waals surface area (Å²) in [7, 11) is 0. The summed E-state index contributed by atoms with van der Waals surface area (Å²) < 4.78 is 0. The molecule has 4 nitrogen and oxygen atoms in total. The summed E-state index contributed by atoms with van der Waals surface area (Å²) in [4.78, 5) is 26.4. The molecule has 4 heteroatoms. The first-order valence-corrected chi connectivity index (χ1v) is 8.80. The molecule has 0 saturated carbocycles. The minimum absolute atomic E-state index is 0.00259. The molecule has 2 aromatic rings. The quantitative estimate of drug-likeness (QED) is 0.846. The van der Waals surface area contributed by atoms with E-state index < -0.39 is 0 Å². The summed E-state index contributed by atoms with van der Waals surface area (Å²) in [5, 5.41) is 2.97. The molecule has 0 aliphatic carbocycles. The lowest BCUT2D eigenvalue weighted by Gasteiger charge is -2.32. The van der Waals surface area contributed by atoms with Gasteiger partial charge in [-0.05, 0) is 44.0 Å². The summed E-state index contributed by atoms with van der Waals surface area (Å²) >= 11 is 0. The van der Waals surface area contributed by atoms with Gasteiger partial charge >= 0.3 is 0 Å². The SMILES string of the molecule is CC(=O)c1cccc(NC(=O)[C@@H]2CCCN(Cc3ccccc3)C2)c1. The van der Waals surface area contributed by atoms with Gasteiger partial charge in [0.25, 0.3) is 0 Å². The maximum atomic E-state index is 12.6. The molecule has 1 fully saturated rings. The molecule has 130 valence electrons. The number of carbonyl (C=O) groups excluding carboxylic acids is 2. The number of likely N-dealkylation sites (tertiary alicyclic amines) is 1. The van der Waals surface area contributed by atoms with E-state index in [9.17, 15) is 9.59 Å². The third-order valence-corrected chi connectivity index (χ3v) is 4.66. The first-order chi connectivity index (χ1) is 12.1. The second kappa shape index (κ2) is 8.08. The molecule has 0 aromatic heterocycles. The van der Waals surface area contributed by atoms with Crippen LogP contribution >= 0.6 is 0 Å². The van der Waals surface area contributed by atoms with Gasteiger partial charge in [-0.25, -0.2) is 0 Å². The van der Waals surface area contributed by atoms with Crippen LogP contribution in [0.5, 0.6) is 0 Å². The van der Waals surface area contributed by atoms with Crippen molar-refractivity contribution in [1.82, 2.24) is 4.90 Å². The number of benzene rings is 2. The minimum Gasteiger partial charge on any atom is -0.326 e. The Morgan fingerprint density at radius 1 is 1.12 bits per heavy atom. The van der Waals surface area contributed by atoms with Gasteiger partial charge in [0.05, 0.1) is 5.92 Å². The van der Waals surface area contributed by atoms with Gasteiger partial charge in [-0.15, -0.1) is 0 Å². The summed E-state index contributed by atoms with van der Waals surface area (Å²) in [6.45, 7) is 4.21. The maximum absolute atomic E-state index is 12.6. The molecule has 1 atom stereocenters. The van der Waals surface area contributed by atoms with Crippen molar-refractivity contribution in [2.24, 2.45) is 5.92 Å². The van der Waals surface area contributed by atoms with Crippen LogP contribution in [0.25, 0.3) is 0 Å². The molecule has 1 N–H and O–H groups in total. The molecule has 3 rings (SSSR count). The molecule has 0 unspecified atom stereocenters. The number of hydrogen-bond acceptors (Lipinski definition) is 3. The average molecular weight is 336 g/mol. The zero-order chi connectivity index (χ0) is 17.6. The van der Waals surface area contributed by atoms with Crippen molar-refractivity contribution in [1.29, 1.82) is 0 Å². The number of ketones is 1. The van der Waals surface area contributed by atoms with E-state index in [1.165, 1.54) is 12.5 Å². The molecule has 1 amide bonds. The van der Waals surface area contributed by atoms with Crippen molar-refractivity contribution in [2.75, 3.05) is 18.4 Å². The lowest BCUT2D eigenvalue weighted by atomic mass is 9.96. The van der Waals surface area contributed by atoms with Crippen LogP contribution in [0.15, 0.2) is 54.6 Å². The number of hydrogen-bond donors (Lipinski definition) is 1. The van der Waals surface area contributed by atoms with Gasteiger partial charge < -0.3 is 5.32 Å².